The van der Waals surface area contributed by atoms with Crippen molar-refractivity contribution < 1.29 is 18.0 Å². The molecule has 2 aromatic heterocycles. The zero-order chi connectivity index (χ0) is 19.4. The van der Waals surface area contributed by atoms with Crippen molar-refractivity contribution in [1.82, 2.24) is 19.7 Å². The van der Waals surface area contributed by atoms with Gasteiger partial charge in [0, 0.05) is 30.7 Å². The summed E-state index contributed by atoms with van der Waals surface area (Å²) < 4.78 is 38.2. The molecule has 0 fully saturated rings. The van der Waals surface area contributed by atoms with Crippen LogP contribution in [0.1, 0.15) is 6.42 Å². The topological polar surface area (TPSA) is 84.7 Å². The minimum Gasteiger partial charge on any atom is -0.326 e. The molecule has 140 valence electrons. The summed E-state index contributed by atoms with van der Waals surface area (Å²) in [7, 11) is 1.79. The Bertz CT molecular complexity index is 936. The van der Waals surface area contributed by atoms with E-state index in [0.717, 1.165) is 11.3 Å². The third-order valence-electron chi connectivity index (χ3n) is 3.44. The van der Waals surface area contributed by atoms with E-state index in [1.807, 2.05) is 0 Å². The second-order valence-electron chi connectivity index (χ2n) is 5.71. The molecular formula is C17H15F3N6O. The number of amides is 1. The van der Waals surface area contributed by atoms with Crippen LogP contribution in [0.2, 0.25) is 0 Å². The van der Waals surface area contributed by atoms with Gasteiger partial charge in [0.2, 0.25) is 11.9 Å². The van der Waals surface area contributed by atoms with Crippen molar-refractivity contribution in [2.45, 2.75) is 12.6 Å². The molecule has 3 aromatic rings. The van der Waals surface area contributed by atoms with Crippen molar-refractivity contribution in [3.05, 3.63) is 48.9 Å². The summed E-state index contributed by atoms with van der Waals surface area (Å²) in [5.41, 5.74) is 2.35. The quantitative estimate of drug-likeness (QED) is 0.712. The van der Waals surface area contributed by atoms with Crippen molar-refractivity contribution >= 4 is 23.2 Å². The molecule has 1 aromatic carbocycles. The molecule has 0 bridgehead atoms. The van der Waals surface area contributed by atoms with Crippen LogP contribution in [0.4, 0.5) is 30.5 Å². The highest BCUT2D eigenvalue weighted by Crippen LogP contribution is 2.23. The average molecular weight is 376 g/mol. The fourth-order valence-electron chi connectivity index (χ4n) is 2.31. The van der Waals surface area contributed by atoms with Crippen LogP contribution in [-0.4, -0.2) is 31.8 Å². The molecule has 7 nitrogen and oxygen atoms in total. The lowest BCUT2D eigenvalue weighted by molar-refractivity contribution is -0.150. The maximum Gasteiger partial charge on any atom is 0.397 e. The van der Waals surface area contributed by atoms with Gasteiger partial charge in [-0.05, 0) is 18.2 Å². The SMILES string of the molecule is Cn1cc(Nc2nccc(-c3ccc(NC(=O)CC(F)(F)F)cc3)n2)cn1. The summed E-state index contributed by atoms with van der Waals surface area (Å²) in [6.45, 7) is 0. The molecule has 0 saturated carbocycles. The summed E-state index contributed by atoms with van der Waals surface area (Å²) in [6.07, 6.45) is -1.07. The maximum absolute atomic E-state index is 12.2. The highest BCUT2D eigenvalue weighted by atomic mass is 19.4. The summed E-state index contributed by atoms with van der Waals surface area (Å²) in [5, 5.41) is 9.28. The lowest BCUT2D eigenvalue weighted by Crippen LogP contribution is -2.21. The average Bonchev–Trinajstić information content (AvgIpc) is 2.99. The number of hydrogen-bond donors (Lipinski definition) is 2. The van der Waals surface area contributed by atoms with Crippen LogP contribution in [0.25, 0.3) is 11.3 Å². The molecule has 1 amide bonds. The third-order valence-corrected chi connectivity index (χ3v) is 3.44. The summed E-state index contributed by atoms with van der Waals surface area (Å²) in [4.78, 5) is 19.9. The van der Waals surface area contributed by atoms with Gasteiger partial charge in [-0.2, -0.15) is 18.3 Å². The fraction of sp³-hybridized carbons (Fsp3) is 0.176. The Hall–Kier alpha value is -3.43. The largest absolute Gasteiger partial charge is 0.397 e. The minimum atomic E-state index is -4.54. The van der Waals surface area contributed by atoms with E-state index in [1.165, 1.54) is 12.1 Å². The zero-order valence-corrected chi connectivity index (χ0v) is 14.2. The third kappa shape index (κ3) is 5.27. The first-order valence-corrected chi connectivity index (χ1v) is 7.84. The van der Waals surface area contributed by atoms with E-state index in [9.17, 15) is 18.0 Å². The van der Waals surface area contributed by atoms with Gasteiger partial charge < -0.3 is 10.6 Å². The lowest BCUT2D eigenvalue weighted by atomic mass is 10.1. The molecule has 27 heavy (non-hydrogen) atoms. The standard InChI is InChI=1S/C17H15F3N6O/c1-26-10-13(9-22-26)24-16-21-7-6-14(25-16)11-2-4-12(5-3-11)23-15(27)8-17(18,19)20/h2-7,9-10H,8H2,1H3,(H,23,27)(H,21,24,25). The molecule has 0 aliphatic heterocycles. The number of rotatable bonds is 5. The van der Waals surface area contributed by atoms with E-state index in [0.29, 0.717) is 11.6 Å². The molecule has 0 aliphatic rings. The molecule has 0 radical (unpaired) electrons. The smallest absolute Gasteiger partial charge is 0.326 e. The van der Waals surface area contributed by atoms with Gasteiger partial charge in [-0.3, -0.25) is 9.48 Å². The normalized spacial score (nSPS) is 11.3. The van der Waals surface area contributed by atoms with Gasteiger partial charge in [0.1, 0.15) is 6.42 Å². The number of benzene rings is 1. The first-order chi connectivity index (χ1) is 12.8. The van der Waals surface area contributed by atoms with Crippen LogP contribution in [0.15, 0.2) is 48.9 Å². The van der Waals surface area contributed by atoms with Crippen molar-refractivity contribution in [2.24, 2.45) is 7.05 Å². The fourth-order valence-corrected chi connectivity index (χ4v) is 2.31. The van der Waals surface area contributed by atoms with Gasteiger partial charge in [0.25, 0.3) is 0 Å². The van der Waals surface area contributed by atoms with Gasteiger partial charge in [-0.25, -0.2) is 9.97 Å². The Kier molecular flexibility index (Phi) is 5.06. The van der Waals surface area contributed by atoms with Crippen LogP contribution in [0, 0.1) is 0 Å². The number of anilines is 3. The number of halogens is 3. The monoisotopic (exact) mass is 376 g/mol. The molecule has 0 saturated heterocycles. The van der Waals surface area contributed by atoms with E-state index in [2.05, 4.69) is 25.7 Å². The van der Waals surface area contributed by atoms with Crippen LogP contribution in [-0.2, 0) is 11.8 Å². The Balaban J connectivity index is 1.69. The van der Waals surface area contributed by atoms with Gasteiger partial charge in [-0.15, -0.1) is 0 Å². The zero-order valence-electron chi connectivity index (χ0n) is 14.2. The van der Waals surface area contributed by atoms with Gasteiger partial charge >= 0.3 is 6.18 Å². The van der Waals surface area contributed by atoms with E-state index >= 15 is 0 Å². The molecule has 2 heterocycles. The van der Waals surface area contributed by atoms with Gasteiger partial charge in [0.15, 0.2) is 0 Å². The lowest BCUT2D eigenvalue weighted by Gasteiger charge is -2.09. The number of carbonyl (C=O) groups is 1. The number of aryl methyl sites for hydroxylation is 1. The predicted molar refractivity (Wildman–Crippen MR) is 93.3 cm³/mol. The van der Waals surface area contributed by atoms with Gasteiger partial charge in [0.05, 0.1) is 17.6 Å². The van der Waals surface area contributed by atoms with E-state index in [4.69, 9.17) is 0 Å². The Morgan fingerprint density at radius 3 is 2.52 bits per heavy atom. The number of nitrogens with zero attached hydrogens (tertiary/aromatic N) is 4. The van der Waals surface area contributed by atoms with Crippen LogP contribution >= 0.6 is 0 Å². The molecule has 0 unspecified atom stereocenters. The first-order valence-electron chi connectivity index (χ1n) is 7.84. The summed E-state index contributed by atoms with van der Waals surface area (Å²) in [6, 6.07) is 8.03. The Labute approximate surface area is 152 Å². The second kappa shape index (κ2) is 7.44. The van der Waals surface area contributed by atoms with E-state index < -0.39 is 18.5 Å². The molecule has 0 atom stereocenters. The van der Waals surface area contributed by atoms with E-state index in [-0.39, 0.29) is 5.69 Å². The molecule has 10 heteroatoms. The predicted octanol–water partition coefficient (Wildman–Crippen LogP) is 3.51. The second-order valence-corrected chi connectivity index (χ2v) is 5.71. The number of aromatic nitrogens is 4. The highest BCUT2D eigenvalue weighted by molar-refractivity contribution is 5.91. The number of hydrogen-bond acceptors (Lipinski definition) is 5. The van der Waals surface area contributed by atoms with Crippen LogP contribution < -0.4 is 10.6 Å². The number of nitrogens with one attached hydrogen (secondary N) is 2. The molecule has 3 rings (SSSR count). The molecule has 0 aliphatic carbocycles. The minimum absolute atomic E-state index is 0.274. The van der Waals surface area contributed by atoms with Crippen molar-refractivity contribution in [2.75, 3.05) is 10.6 Å². The molecule has 2 N–H and O–H groups in total. The number of carbonyl (C=O) groups excluding carboxylic acids is 1. The summed E-state index contributed by atoms with van der Waals surface area (Å²) in [5.74, 6) is -0.733. The molecular weight excluding hydrogens is 361 g/mol. The Morgan fingerprint density at radius 1 is 1.15 bits per heavy atom. The molecule has 0 spiro atoms. The Morgan fingerprint density at radius 2 is 1.89 bits per heavy atom. The van der Waals surface area contributed by atoms with Crippen molar-refractivity contribution in [3.63, 3.8) is 0 Å². The van der Waals surface area contributed by atoms with Crippen molar-refractivity contribution in [3.8, 4) is 11.3 Å². The van der Waals surface area contributed by atoms with Crippen molar-refractivity contribution in [1.29, 1.82) is 0 Å². The van der Waals surface area contributed by atoms with Crippen LogP contribution in [0.5, 0.6) is 0 Å². The van der Waals surface area contributed by atoms with Gasteiger partial charge in [-0.1, -0.05) is 12.1 Å². The summed E-state index contributed by atoms with van der Waals surface area (Å²) >= 11 is 0. The number of alkyl halides is 3. The van der Waals surface area contributed by atoms with Crippen LogP contribution in [0.3, 0.4) is 0 Å². The maximum atomic E-state index is 12.2. The van der Waals surface area contributed by atoms with E-state index in [1.54, 1.807) is 48.5 Å². The highest BCUT2D eigenvalue weighted by Gasteiger charge is 2.31. The first kappa shape index (κ1) is 18.4.